The Morgan fingerprint density at radius 3 is 2.47 bits per heavy atom. The predicted octanol–water partition coefficient (Wildman–Crippen LogP) is 1.24. The van der Waals surface area contributed by atoms with Crippen molar-refractivity contribution in [2.24, 2.45) is 5.73 Å². The molecule has 1 fully saturated rings. The quantitative estimate of drug-likeness (QED) is 0.806. The molecule has 2 unspecified atom stereocenters. The van der Waals surface area contributed by atoms with Crippen LogP contribution < -0.4 is 5.73 Å². The van der Waals surface area contributed by atoms with E-state index in [1.807, 2.05) is 0 Å². The zero-order chi connectivity index (χ0) is 11.9. The van der Waals surface area contributed by atoms with Crippen LogP contribution in [-0.2, 0) is 13.1 Å². The Balaban J connectivity index is 1.70. The zero-order valence-electron chi connectivity index (χ0n) is 10.1. The van der Waals surface area contributed by atoms with Crippen LogP contribution in [0, 0.1) is 0 Å². The van der Waals surface area contributed by atoms with Gasteiger partial charge < -0.3 is 10.8 Å². The van der Waals surface area contributed by atoms with E-state index < -0.39 is 0 Å². The summed E-state index contributed by atoms with van der Waals surface area (Å²) in [5.41, 5.74) is 8.71. The highest BCUT2D eigenvalue weighted by Gasteiger charge is 2.39. The second-order valence-corrected chi connectivity index (χ2v) is 5.59. The first-order chi connectivity index (χ1) is 8.20. The second-order valence-electron chi connectivity index (χ2n) is 5.59. The van der Waals surface area contributed by atoms with Crippen LogP contribution >= 0.6 is 0 Å². The van der Waals surface area contributed by atoms with E-state index in [0.29, 0.717) is 6.04 Å². The number of rotatable bonds is 2. The average molecular weight is 232 g/mol. The van der Waals surface area contributed by atoms with Gasteiger partial charge >= 0.3 is 0 Å². The van der Waals surface area contributed by atoms with Gasteiger partial charge in [0.25, 0.3) is 0 Å². The molecule has 1 aliphatic heterocycles. The first-order valence-electron chi connectivity index (χ1n) is 6.41. The van der Waals surface area contributed by atoms with Crippen LogP contribution in [0.25, 0.3) is 0 Å². The molecule has 3 heteroatoms. The smallest absolute Gasteiger partial charge is 0.0611 e. The van der Waals surface area contributed by atoms with Crippen molar-refractivity contribution in [3.8, 4) is 0 Å². The van der Waals surface area contributed by atoms with Crippen molar-refractivity contribution in [1.82, 2.24) is 4.90 Å². The summed E-state index contributed by atoms with van der Waals surface area (Å²) in [5.74, 6) is 0. The van der Waals surface area contributed by atoms with E-state index in [1.165, 1.54) is 11.1 Å². The molecule has 3 nitrogen and oxygen atoms in total. The number of nitrogens with two attached hydrogens (primary N) is 1. The van der Waals surface area contributed by atoms with Crippen molar-refractivity contribution in [3.63, 3.8) is 0 Å². The summed E-state index contributed by atoms with van der Waals surface area (Å²) in [4.78, 5) is 2.51. The van der Waals surface area contributed by atoms with E-state index in [-0.39, 0.29) is 12.1 Å². The predicted molar refractivity (Wildman–Crippen MR) is 67.3 cm³/mol. The van der Waals surface area contributed by atoms with E-state index in [1.54, 1.807) is 0 Å². The molecule has 1 aromatic rings. The lowest BCUT2D eigenvalue weighted by molar-refractivity contribution is 0.166. The average Bonchev–Trinajstić information content (AvgIpc) is 2.93. The molecule has 0 bridgehead atoms. The highest BCUT2D eigenvalue weighted by molar-refractivity contribution is 5.30. The molecule has 1 heterocycles. The molecule has 3 N–H and O–H groups in total. The van der Waals surface area contributed by atoms with Crippen LogP contribution in [0.15, 0.2) is 24.3 Å². The zero-order valence-corrected chi connectivity index (χ0v) is 10.1. The van der Waals surface area contributed by atoms with Crippen molar-refractivity contribution in [3.05, 3.63) is 35.4 Å². The third kappa shape index (κ3) is 1.99. The number of aliphatic hydroxyl groups is 1. The van der Waals surface area contributed by atoms with Gasteiger partial charge in [-0.05, 0) is 30.4 Å². The van der Waals surface area contributed by atoms with Gasteiger partial charge in [-0.1, -0.05) is 24.3 Å². The third-order valence-corrected chi connectivity index (χ3v) is 4.31. The number of fused-ring (bicyclic) bond motifs is 1. The van der Waals surface area contributed by atoms with Gasteiger partial charge in [-0.15, -0.1) is 0 Å². The molecule has 1 saturated carbocycles. The van der Waals surface area contributed by atoms with Crippen LogP contribution in [-0.4, -0.2) is 28.2 Å². The summed E-state index contributed by atoms with van der Waals surface area (Å²) >= 11 is 0. The molecule has 0 aromatic heterocycles. The lowest BCUT2D eigenvalue weighted by atomic mass is 10.0. The molecule has 1 aliphatic carbocycles. The van der Waals surface area contributed by atoms with Crippen LogP contribution in [0.1, 0.15) is 30.4 Å². The summed E-state index contributed by atoms with van der Waals surface area (Å²) in [6.45, 7) is 2.20. The standard InChI is InChI=1S/C14H20N2O/c15-14(10-17)6-5-13(7-14)16-8-11-3-1-2-4-12(11)9-16/h1-4,13,17H,5-10,15H2. The minimum Gasteiger partial charge on any atom is -0.394 e. The molecule has 0 saturated heterocycles. The molecule has 0 spiro atoms. The summed E-state index contributed by atoms with van der Waals surface area (Å²) in [5, 5.41) is 9.32. The molecule has 0 amide bonds. The van der Waals surface area contributed by atoms with E-state index in [2.05, 4.69) is 29.2 Å². The Hall–Kier alpha value is -0.900. The van der Waals surface area contributed by atoms with E-state index in [4.69, 9.17) is 5.73 Å². The van der Waals surface area contributed by atoms with Crippen molar-refractivity contribution in [2.75, 3.05) is 6.61 Å². The van der Waals surface area contributed by atoms with Gasteiger partial charge in [-0.2, -0.15) is 0 Å². The summed E-state index contributed by atoms with van der Waals surface area (Å²) in [6.07, 6.45) is 2.99. The summed E-state index contributed by atoms with van der Waals surface area (Å²) in [7, 11) is 0. The Labute approximate surface area is 102 Å². The number of nitrogens with zero attached hydrogens (tertiary/aromatic N) is 1. The maximum atomic E-state index is 9.32. The maximum Gasteiger partial charge on any atom is 0.0611 e. The normalized spacial score (nSPS) is 32.9. The van der Waals surface area contributed by atoms with Gasteiger partial charge in [-0.3, -0.25) is 4.90 Å². The molecule has 1 aromatic carbocycles. The van der Waals surface area contributed by atoms with Gasteiger partial charge in [0, 0.05) is 24.7 Å². The number of hydrogen-bond acceptors (Lipinski definition) is 3. The molecule has 92 valence electrons. The van der Waals surface area contributed by atoms with E-state index in [0.717, 1.165) is 32.4 Å². The van der Waals surface area contributed by atoms with Crippen molar-refractivity contribution >= 4 is 0 Å². The van der Waals surface area contributed by atoms with Gasteiger partial charge in [-0.25, -0.2) is 0 Å². The molecule has 2 aliphatic rings. The first kappa shape index (κ1) is 11.2. The van der Waals surface area contributed by atoms with Gasteiger partial charge in [0.2, 0.25) is 0 Å². The molecule has 2 atom stereocenters. The Bertz CT molecular complexity index is 395. The largest absolute Gasteiger partial charge is 0.394 e. The lowest BCUT2D eigenvalue weighted by Crippen LogP contribution is -2.42. The SMILES string of the molecule is NC1(CO)CCC(N2Cc3ccccc3C2)C1. The van der Waals surface area contributed by atoms with Crippen LogP contribution in [0.2, 0.25) is 0 Å². The topological polar surface area (TPSA) is 49.5 Å². The highest BCUT2D eigenvalue weighted by Crippen LogP contribution is 2.35. The van der Waals surface area contributed by atoms with Crippen molar-refractivity contribution in [1.29, 1.82) is 0 Å². The van der Waals surface area contributed by atoms with E-state index in [9.17, 15) is 5.11 Å². The molecular formula is C14H20N2O. The van der Waals surface area contributed by atoms with Crippen molar-refractivity contribution in [2.45, 2.75) is 43.9 Å². The van der Waals surface area contributed by atoms with Crippen LogP contribution in [0.5, 0.6) is 0 Å². The maximum absolute atomic E-state index is 9.32. The lowest BCUT2D eigenvalue weighted by Gasteiger charge is -2.26. The van der Waals surface area contributed by atoms with Gasteiger partial charge in [0.1, 0.15) is 0 Å². The van der Waals surface area contributed by atoms with Gasteiger partial charge in [0.15, 0.2) is 0 Å². The summed E-state index contributed by atoms with van der Waals surface area (Å²) < 4.78 is 0. The Morgan fingerprint density at radius 2 is 1.94 bits per heavy atom. The van der Waals surface area contributed by atoms with Crippen molar-refractivity contribution < 1.29 is 5.11 Å². The third-order valence-electron chi connectivity index (χ3n) is 4.31. The fourth-order valence-electron chi connectivity index (χ4n) is 3.20. The minimum atomic E-state index is -0.334. The number of hydrogen-bond donors (Lipinski definition) is 2. The summed E-state index contributed by atoms with van der Waals surface area (Å²) in [6, 6.07) is 9.19. The number of benzene rings is 1. The number of aliphatic hydroxyl groups excluding tert-OH is 1. The van der Waals surface area contributed by atoms with Gasteiger partial charge in [0.05, 0.1) is 6.61 Å². The Morgan fingerprint density at radius 1 is 1.29 bits per heavy atom. The van der Waals surface area contributed by atoms with E-state index >= 15 is 0 Å². The minimum absolute atomic E-state index is 0.115. The highest BCUT2D eigenvalue weighted by atomic mass is 16.3. The Kier molecular flexibility index (Phi) is 2.69. The molecular weight excluding hydrogens is 212 g/mol. The molecule has 17 heavy (non-hydrogen) atoms. The van der Waals surface area contributed by atoms with Crippen LogP contribution in [0.3, 0.4) is 0 Å². The fourth-order valence-corrected chi connectivity index (χ4v) is 3.20. The monoisotopic (exact) mass is 232 g/mol. The second kappa shape index (κ2) is 4.09. The molecule has 3 rings (SSSR count). The first-order valence-corrected chi connectivity index (χ1v) is 6.41. The van der Waals surface area contributed by atoms with Crippen LogP contribution in [0.4, 0.5) is 0 Å². The fraction of sp³-hybridized carbons (Fsp3) is 0.571. The molecule has 0 radical (unpaired) electrons.